The Labute approximate surface area is 112 Å². The number of carbonyl (C=O) groups excluding carboxylic acids is 1. The van der Waals surface area contributed by atoms with Crippen LogP contribution in [0.1, 0.15) is 16.7 Å². The van der Waals surface area contributed by atoms with E-state index >= 15 is 0 Å². The van der Waals surface area contributed by atoms with Crippen LogP contribution in [0.5, 0.6) is 0 Å². The number of hydrogen-bond donors (Lipinski definition) is 1. The average Bonchev–Trinajstić information content (AvgIpc) is 2.28. The van der Waals surface area contributed by atoms with Crippen molar-refractivity contribution in [1.29, 1.82) is 0 Å². The first-order valence-electron chi connectivity index (χ1n) is 5.22. The van der Waals surface area contributed by atoms with Gasteiger partial charge < -0.3 is 5.11 Å². The van der Waals surface area contributed by atoms with Crippen molar-refractivity contribution in [3.8, 4) is 0 Å². The predicted octanol–water partition coefficient (Wildman–Crippen LogP) is 2.68. The molecule has 0 fully saturated rings. The molecule has 0 aromatic heterocycles. The first-order chi connectivity index (χ1) is 8.74. The summed E-state index contributed by atoms with van der Waals surface area (Å²) in [4.78, 5) is 21.6. The van der Waals surface area contributed by atoms with E-state index < -0.39 is 36.3 Å². The number of aliphatic carboxylic acids is 1. The predicted molar refractivity (Wildman–Crippen MR) is 62.2 cm³/mol. The molecule has 1 N–H and O–H groups in total. The van der Waals surface area contributed by atoms with E-state index in [0.717, 1.165) is 12.1 Å². The summed E-state index contributed by atoms with van der Waals surface area (Å²) in [7, 11) is 0. The van der Waals surface area contributed by atoms with Gasteiger partial charge in [0.25, 0.3) is 0 Å². The number of ketones is 1. The molecule has 1 aromatic carbocycles. The van der Waals surface area contributed by atoms with Crippen LogP contribution < -0.4 is 0 Å². The summed E-state index contributed by atoms with van der Waals surface area (Å²) in [5, 5.41) is 8.56. The summed E-state index contributed by atoms with van der Waals surface area (Å²) in [5.41, 5.74) is -1.17. The highest BCUT2D eigenvalue weighted by molar-refractivity contribution is 6.27. The Hall–Kier alpha value is -1.56. The molecule has 3 nitrogen and oxygen atoms in total. The number of carbonyl (C=O) groups is 2. The van der Waals surface area contributed by atoms with Crippen LogP contribution in [-0.4, -0.2) is 22.7 Å². The molecule has 19 heavy (non-hydrogen) atoms. The van der Waals surface area contributed by atoms with Gasteiger partial charge >= 0.3 is 12.1 Å². The fourth-order valence-electron chi connectivity index (χ4n) is 1.59. The van der Waals surface area contributed by atoms with Crippen molar-refractivity contribution in [3.63, 3.8) is 0 Å². The summed E-state index contributed by atoms with van der Waals surface area (Å²) in [6.45, 7) is 0. The second kappa shape index (κ2) is 6.06. The molecule has 0 saturated heterocycles. The van der Waals surface area contributed by atoms with Crippen LogP contribution in [0.15, 0.2) is 18.2 Å². The highest BCUT2D eigenvalue weighted by Gasteiger charge is 2.34. The Kier molecular flexibility index (Phi) is 4.94. The smallest absolute Gasteiger partial charge is 0.416 e. The van der Waals surface area contributed by atoms with Crippen LogP contribution in [-0.2, 0) is 28.6 Å². The Bertz CT molecular complexity index is 497. The minimum atomic E-state index is -4.64. The Balaban J connectivity index is 3.17. The largest absolute Gasteiger partial charge is 0.481 e. The van der Waals surface area contributed by atoms with Crippen molar-refractivity contribution >= 4 is 23.4 Å². The molecule has 1 aromatic rings. The summed E-state index contributed by atoms with van der Waals surface area (Å²) >= 11 is 5.26. The van der Waals surface area contributed by atoms with Crippen LogP contribution in [0, 0.1) is 0 Å². The third-order valence-electron chi connectivity index (χ3n) is 2.37. The summed E-state index contributed by atoms with van der Waals surface area (Å²) in [5.74, 6) is -2.12. The molecule has 104 valence electrons. The quantitative estimate of drug-likeness (QED) is 0.850. The van der Waals surface area contributed by atoms with Gasteiger partial charge in [0.1, 0.15) is 0 Å². The van der Waals surface area contributed by atoms with Crippen molar-refractivity contribution in [3.05, 3.63) is 34.9 Å². The van der Waals surface area contributed by atoms with Gasteiger partial charge in [0.2, 0.25) is 0 Å². The lowest BCUT2D eigenvalue weighted by atomic mass is 9.98. The highest BCUT2D eigenvalue weighted by Crippen LogP contribution is 2.33. The third-order valence-corrected chi connectivity index (χ3v) is 2.67. The number of rotatable bonds is 5. The van der Waals surface area contributed by atoms with E-state index in [1.807, 2.05) is 0 Å². The van der Waals surface area contributed by atoms with E-state index in [2.05, 4.69) is 0 Å². The van der Waals surface area contributed by atoms with Crippen LogP contribution in [0.25, 0.3) is 0 Å². The molecule has 0 radical (unpaired) electrons. The first kappa shape index (κ1) is 15.5. The number of Topliss-reactive ketones (excluding diaryl/α,β-unsaturated/α-hetero) is 1. The van der Waals surface area contributed by atoms with Gasteiger partial charge in [-0.15, -0.1) is 11.6 Å². The van der Waals surface area contributed by atoms with Crippen molar-refractivity contribution < 1.29 is 27.9 Å². The van der Waals surface area contributed by atoms with Crippen molar-refractivity contribution in [2.24, 2.45) is 0 Å². The van der Waals surface area contributed by atoms with Gasteiger partial charge in [0.15, 0.2) is 5.78 Å². The van der Waals surface area contributed by atoms with Gasteiger partial charge in [-0.1, -0.05) is 12.1 Å². The summed E-state index contributed by atoms with van der Waals surface area (Å²) in [6.07, 6.45) is -5.57. The van der Waals surface area contributed by atoms with Gasteiger partial charge in [-0.25, -0.2) is 0 Å². The number of alkyl halides is 4. The zero-order valence-corrected chi connectivity index (χ0v) is 10.4. The standard InChI is InChI=1S/C12H10ClF3O3/c13-6-9(17)5-8-2-1-7(4-11(18)19)3-10(8)12(14,15)16/h1-3H,4-6H2,(H,18,19). The Morgan fingerprint density at radius 3 is 2.32 bits per heavy atom. The van der Waals surface area contributed by atoms with Crippen LogP contribution >= 0.6 is 11.6 Å². The zero-order valence-electron chi connectivity index (χ0n) is 9.63. The van der Waals surface area contributed by atoms with Crippen LogP contribution in [0.3, 0.4) is 0 Å². The van der Waals surface area contributed by atoms with Crippen molar-refractivity contribution in [1.82, 2.24) is 0 Å². The van der Waals surface area contributed by atoms with Crippen molar-refractivity contribution in [2.45, 2.75) is 19.0 Å². The second-order valence-corrected chi connectivity index (χ2v) is 4.18. The lowest BCUT2D eigenvalue weighted by Gasteiger charge is -2.13. The maximum absolute atomic E-state index is 12.8. The van der Waals surface area contributed by atoms with E-state index in [-0.39, 0.29) is 17.0 Å². The number of halogens is 4. The second-order valence-electron chi connectivity index (χ2n) is 3.91. The minimum Gasteiger partial charge on any atom is -0.481 e. The lowest BCUT2D eigenvalue weighted by Crippen LogP contribution is -2.14. The Morgan fingerprint density at radius 2 is 1.84 bits per heavy atom. The Morgan fingerprint density at radius 1 is 1.21 bits per heavy atom. The topological polar surface area (TPSA) is 54.4 Å². The van der Waals surface area contributed by atoms with E-state index in [9.17, 15) is 22.8 Å². The van der Waals surface area contributed by atoms with E-state index in [4.69, 9.17) is 16.7 Å². The molecule has 1 rings (SSSR count). The molecular weight excluding hydrogens is 285 g/mol. The van der Waals surface area contributed by atoms with Crippen molar-refractivity contribution in [2.75, 3.05) is 5.88 Å². The molecule has 0 spiro atoms. The molecule has 0 saturated carbocycles. The molecule has 0 unspecified atom stereocenters. The molecule has 0 aliphatic rings. The SMILES string of the molecule is O=C(O)Cc1ccc(CC(=O)CCl)c(C(F)(F)F)c1. The fraction of sp³-hybridized carbons (Fsp3) is 0.333. The molecule has 0 aliphatic carbocycles. The fourth-order valence-corrected chi connectivity index (χ4v) is 1.68. The number of carboxylic acid groups (broad SMARTS) is 1. The lowest BCUT2D eigenvalue weighted by molar-refractivity contribution is -0.139. The maximum Gasteiger partial charge on any atom is 0.416 e. The maximum atomic E-state index is 12.8. The average molecular weight is 295 g/mol. The number of hydrogen-bond acceptors (Lipinski definition) is 2. The van der Waals surface area contributed by atoms with Gasteiger partial charge in [0, 0.05) is 6.42 Å². The molecule has 0 aliphatic heterocycles. The summed E-state index contributed by atoms with van der Waals surface area (Å²) < 4.78 is 38.5. The van der Waals surface area contributed by atoms with Gasteiger partial charge in [-0.2, -0.15) is 13.2 Å². The first-order valence-corrected chi connectivity index (χ1v) is 5.76. The van der Waals surface area contributed by atoms with Crippen LogP contribution in [0.2, 0.25) is 0 Å². The molecule has 0 amide bonds. The monoisotopic (exact) mass is 294 g/mol. The summed E-state index contributed by atoms with van der Waals surface area (Å²) in [6, 6.07) is 3.14. The van der Waals surface area contributed by atoms with E-state index in [1.54, 1.807) is 0 Å². The van der Waals surface area contributed by atoms with Gasteiger partial charge in [-0.3, -0.25) is 9.59 Å². The third kappa shape index (κ3) is 4.55. The van der Waals surface area contributed by atoms with Crippen LogP contribution in [0.4, 0.5) is 13.2 Å². The highest BCUT2D eigenvalue weighted by atomic mass is 35.5. The number of carboxylic acids is 1. The minimum absolute atomic E-state index is 0.0295. The van der Waals surface area contributed by atoms with Gasteiger partial charge in [-0.05, 0) is 17.2 Å². The number of benzene rings is 1. The molecular formula is C12H10ClF3O3. The molecule has 0 bridgehead atoms. The van der Waals surface area contributed by atoms with E-state index in [0.29, 0.717) is 0 Å². The molecule has 0 heterocycles. The molecule has 7 heteroatoms. The van der Waals surface area contributed by atoms with Gasteiger partial charge in [0.05, 0.1) is 17.9 Å². The van der Waals surface area contributed by atoms with E-state index in [1.165, 1.54) is 6.07 Å². The molecule has 0 atom stereocenters. The zero-order chi connectivity index (χ0) is 14.6. The normalized spacial score (nSPS) is 11.4.